The molecule has 0 aromatic rings. The van der Waals surface area contributed by atoms with Gasteiger partial charge in [0, 0.05) is 0 Å². The lowest BCUT2D eigenvalue weighted by molar-refractivity contribution is 0.164. The summed E-state index contributed by atoms with van der Waals surface area (Å²) in [6, 6.07) is 3.94. The summed E-state index contributed by atoms with van der Waals surface area (Å²) in [4.78, 5) is 0. The first-order valence-corrected chi connectivity index (χ1v) is 5.87. The number of nitriles is 2. The van der Waals surface area contributed by atoms with Crippen LogP contribution in [0.4, 0.5) is 0 Å². The van der Waals surface area contributed by atoms with Gasteiger partial charge in [-0.25, -0.2) is 0 Å². The van der Waals surface area contributed by atoms with Crippen molar-refractivity contribution in [3.8, 4) is 12.1 Å². The van der Waals surface area contributed by atoms with Gasteiger partial charge in [0.15, 0.2) is 0 Å². The SMILES string of the molecule is CCCOP(OCCC#N)OCCC#N. The number of hydrogen-bond acceptors (Lipinski definition) is 5. The van der Waals surface area contributed by atoms with E-state index in [9.17, 15) is 0 Å². The van der Waals surface area contributed by atoms with Crippen LogP contribution in [0.5, 0.6) is 0 Å². The van der Waals surface area contributed by atoms with E-state index in [0.29, 0.717) is 32.7 Å². The molecule has 0 radical (unpaired) electrons. The molecule has 0 amide bonds. The fraction of sp³-hybridized carbons (Fsp3) is 0.778. The summed E-state index contributed by atoms with van der Waals surface area (Å²) >= 11 is 0. The van der Waals surface area contributed by atoms with Crippen molar-refractivity contribution in [1.29, 1.82) is 10.5 Å². The van der Waals surface area contributed by atoms with Crippen LogP contribution in [-0.4, -0.2) is 19.8 Å². The van der Waals surface area contributed by atoms with Crippen molar-refractivity contribution < 1.29 is 13.6 Å². The highest BCUT2D eigenvalue weighted by Gasteiger charge is 2.11. The lowest BCUT2D eigenvalue weighted by atomic mass is 10.5. The Morgan fingerprint density at radius 1 is 0.933 bits per heavy atom. The topological polar surface area (TPSA) is 75.3 Å². The predicted molar refractivity (Wildman–Crippen MR) is 55.5 cm³/mol. The van der Waals surface area contributed by atoms with Crippen molar-refractivity contribution in [3.63, 3.8) is 0 Å². The minimum atomic E-state index is -1.39. The van der Waals surface area contributed by atoms with Gasteiger partial charge in [0.25, 0.3) is 0 Å². The molecular formula is C9H15N2O3P. The zero-order valence-electron chi connectivity index (χ0n) is 8.81. The summed E-state index contributed by atoms with van der Waals surface area (Å²) in [6.07, 6.45) is 1.51. The fourth-order valence-electron chi connectivity index (χ4n) is 0.609. The van der Waals surface area contributed by atoms with E-state index < -0.39 is 8.60 Å². The van der Waals surface area contributed by atoms with E-state index in [4.69, 9.17) is 24.1 Å². The Balaban J connectivity index is 3.64. The molecule has 0 atom stereocenters. The molecule has 0 aromatic carbocycles. The molecule has 0 aromatic heterocycles. The minimum absolute atomic E-state index is 0.304. The van der Waals surface area contributed by atoms with Gasteiger partial charge in [0.1, 0.15) is 0 Å². The second-order valence-electron chi connectivity index (χ2n) is 2.54. The van der Waals surface area contributed by atoms with Crippen molar-refractivity contribution in [2.45, 2.75) is 26.2 Å². The van der Waals surface area contributed by atoms with Gasteiger partial charge in [0.2, 0.25) is 0 Å². The largest absolute Gasteiger partial charge is 0.332 e. The first-order valence-electron chi connectivity index (χ1n) is 4.78. The van der Waals surface area contributed by atoms with Crippen LogP contribution >= 0.6 is 8.60 Å². The molecule has 0 bridgehead atoms. The maximum atomic E-state index is 8.32. The monoisotopic (exact) mass is 230 g/mol. The highest BCUT2D eigenvalue weighted by molar-refractivity contribution is 7.41. The van der Waals surface area contributed by atoms with Gasteiger partial charge in [-0.15, -0.1) is 0 Å². The van der Waals surface area contributed by atoms with Gasteiger partial charge in [-0.05, 0) is 6.42 Å². The van der Waals surface area contributed by atoms with Crippen LogP contribution in [0.3, 0.4) is 0 Å². The molecule has 0 aliphatic heterocycles. The van der Waals surface area contributed by atoms with Crippen LogP contribution in [0.15, 0.2) is 0 Å². The summed E-state index contributed by atoms with van der Waals surface area (Å²) in [5, 5.41) is 16.6. The summed E-state index contributed by atoms with van der Waals surface area (Å²) < 4.78 is 15.7. The van der Waals surface area contributed by atoms with Gasteiger partial charge in [-0.3, -0.25) is 0 Å². The molecule has 5 nitrogen and oxygen atoms in total. The average molecular weight is 230 g/mol. The summed E-state index contributed by atoms with van der Waals surface area (Å²) in [5.41, 5.74) is 0. The first kappa shape index (κ1) is 14.3. The van der Waals surface area contributed by atoms with Gasteiger partial charge in [-0.2, -0.15) is 10.5 Å². The van der Waals surface area contributed by atoms with Crippen LogP contribution in [0.1, 0.15) is 26.2 Å². The highest BCUT2D eigenvalue weighted by Crippen LogP contribution is 2.39. The van der Waals surface area contributed by atoms with E-state index in [1.807, 2.05) is 19.1 Å². The molecule has 0 saturated carbocycles. The van der Waals surface area contributed by atoms with Crippen LogP contribution < -0.4 is 0 Å². The Morgan fingerprint density at radius 2 is 1.40 bits per heavy atom. The maximum absolute atomic E-state index is 8.32. The minimum Gasteiger partial charge on any atom is -0.312 e. The third-order valence-corrected chi connectivity index (χ3v) is 2.40. The van der Waals surface area contributed by atoms with E-state index in [2.05, 4.69) is 0 Å². The number of nitrogens with zero attached hydrogens (tertiary/aromatic N) is 2. The molecule has 0 heterocycles. The van der Waals surface area contributed by atoms with E-state index >= 15 is 0 Å². The highest BCUT2D eigenvalue weighted by atomic mass is 31.2. The fourth-order valence-corrected chi connectivity index (χ4v) is 1.65. The van der Waals surface area contributed by atoms with Gasteiger partial charge in [-0.1, -0.05) is 6.92 Å². The molecule has 15 heavy (non-hydrogen) atoms. The third-order valence-electron chi connectivity index (χ3n) is 1.22. The van der Waals surface area contributed by atoms with Crippen molar-refractivity contribution >= 4 is 8.60 Å². The van der Waals surface area contributed by atoms with Gasteiger partial charge in [0.05, 0.1) is 44.8 Å². The quantitative estimate of drug-likeness (QED) is 0.449. The van der Waals surface area contributed by atoms with Crippen molar-refractivity contribution in [1.82, 2.24) is 0 Å². The van der Waals surface area contributed by atoms with Crippen LogP contribution in [-0.2, 0) is 13.6 Å². The lowest BCUT2D eigenvalue weighted by Gasteiger charge is -2.14. The summed E-state index contributed by atoms with van der Waals surface area (Å²) in [5.74, 6) is 0. The zero-order chi connectivity index (χ0) is 11.4. The van der Waals surface area contributed by atoms with E-state index in [1.165, 1.54) is 0 Å². The zero-order valence-corrected chi connectivity index (χ0v) is 9.70. The van der Waals surface area contributed by atoms with Crippen molar-refractivity contribution in [3.05, 3.63) is 0 Å². The second kappa shape index (κ2) is 11.4. The number of hydrogen-bond donors (Lipinski definition) is 0. The molecule has 0 aliphatic carbocycles. The number of rotatable bonds is 9. The van der Waals surface area contributed by atoms with Crippen LogP contribution in [0.2, 0.25) is 0 Å². The van der Waals surface area contributed by atoms with Gasteiger partial charge >= 0.3 is 8.60 Å². The van der Waals surface area contributed by atoms with E-state index in [1.54, 1.807) is 0 Å². The van der Waals surface area contributed by atoms with Crippen molar-refractivity contribution in [2.24, 2.45) is 0 Å². The van der Waals surface area contributed by atoms with E-state index in [0.717, 1.165) is 6.42 Å². The van der Waals surface area contributed by atoms with Crippen LogP contribution in [0, 0.1) is 22.7 Å². The Hall–Kier alpha value is -0.710. The van der Waals surface area contributed by atoms with Crippen LogP contribution in [0.25, 0.3) is 0 Å². The molecular weight excluding hydrogens is 215 g/mol. The molecule has 0 rings (SSSR count). The first-order chi connectivity index (χ1) is 7.35. The van der Waals surface area contributed by atoms with Crippen molar-refractivity contribution in [2.75, 3.05) is 19.8 Å². The Labute approximate surface area is 91.5 Å². The smallest absolute Gasteiger partial charge is 0.312 e. The lowest BCUT2D eigenvalue weighted by Crippen LogP contribution is -1.98. The Bertz CT molecular complexity index is 204. The Morgan fingerprint density at radius 3 is 1.80 bits per heavy atom. The average Bonchev–Trinajstić information content (AvgIpc) is 2.25. The predicted octanol–water partition coefficient (Wildman–Crippen LogP) is 2.50. The van der Waals surface area contributed by atoms with Gasteiger partial charge < -0.3 is 13.6 Å². The molecule has 0 saturated heterocycles. The van der Waals surface area contributed by atoms with E-state index in [-0.39, 0.29) is 0 Å². The molecule has 0 spiro atoms. The molecule has 0 aliphatic rings. The third kappa shape index (κ3) is 9.59. The Kier molecular flexibility index (Phi) is 10.8. The molecule has 6 heteroatoms. The standard InChI is InChI=1S/C9H15N2O3P/c1-2-7-12-15(13-8-3-5-10)14-9-4-6-11/h2-4,7-9H2,1H3. The second-order valence-corrected chi connectivity index (χ2v) is 3.76. The maximum Gasteiger partial charge on any atom is 0.332 e. The molecule has 0 unspecified atom stereocenters. The summed E-state index contributed by atoms with van der Waals surface area (Å²) in [6.45, 7) is 3.15. The molecule has 0 N–H and O–H groups in total. The summed E-state index contributed by atoms with van der Waals surface area (Å²) in [7, 11) is -1.39. The molecule has 0 fully saturated rings. The molecule has 84 valence electrons. The normalized spacial score (nSPS) is 9.87.